The van der Waals surface area contributed by atoms with Crippen LogP contribution < -0.4 is 14.6 Å². The van der Waals surface area contributed by atoms with E-state index in [-0.39, 0.29) is 22.7 Å². The maximum atomic E-state index is 13.5. The Morgan fingerprint density at radius 1 is 1.12 bits per heavy atom. The fraction of sp³-hybridized carbons (Fsp3) is 0.320. The van der Waals surface area contributed by atoms with Gasteiger partial charge in [0.05, 0.1) is 21.2 Å². The van der Waals surface area contributed by atoms with E-state index in [4.69, 9.17) is 14.2 Å². The summed E-state index contributed by atoms with van der Waals surface area (Å²) in [5.74, 6) is -1.31. The summed E-state index contributed by atoms with van der Waals surface area (Å²) in [6, 6.07) is 11.8. The first-order valence-electron chi connectivity index (χ1n) is 12.6. The summed E-state index contributed by atoms with van der Waals surface area (Å²) in [4.78, 5) is 29.7. The first-order chi connectivity index (χ1) is 19.9. The second kappa shape index (κ2) is 11.0. The van der Waals surface area contributed by atoms with E-state index in [0.29, 0.717) is 18.5 Å². The lowest BCUT2D eigenvalue weighted by Gasteiger charge is -2.35. The molecule has 2 aromatic carbocycles. The fourth-order valence-electron chi connectivity index (χ4n) is 4.02. The molecule has 5 rings (SSSR count). The summed E-state index contributed by atoms with van der Waals surface area (Å²) in [5, 5.41) is 5.96. The van der Waals surface area contributed by atoms with Gasteiger partial charge >= 0.3 is 12.1 Å². The molecule has 0 saturated carbocycles. The molecule has 2 aromatic heterocycles. The average molecular weight is 611 g/mol. The molecule has 224 valence electrons. The number of esters is 1. The van der Waals surface area contributed by atoms with Crippen LogP contribution in [-0.2, 0) is 30.5 Å². The predicted octanol–water partition coefficient (Wildman–Crippen LogP) is 2.62. The van der Waals surface area contributed by atoms with Crippen molar-refractivity contribution in [2.75, 3.05) is 18.3 Å². The molecule has 1 N–H and O–H groups in total. The molecule has 3 heterocycles. The largest absolute Gasteiger partial charge is 0.435 e. The quantitative estimate of drug-likeness (QED) is 0.212. The Bertz CT molecular complexity index is 1680. The highest BCUT2D eigenvalue weighted by Gasteiger charge is 2.42. The molecule has 17 heteroatoms. The fourth-order valence-corrected chi connectivity index (χ4v) is 5.03. The monoisotopic (exact) mass is 610 g/mol. The van der Waals surface area contributed by atoms with Crippen molar-refractivity contribution in [2.24, 2.45) is 0 Å². The van der Waals surface area contributed by atoms with E-state index >= 15 is 0 Å². The van der Waals surface area contributed by atoms with Crippen molar-refractivity contribution in [2.45, 2.75) is 43.8 Å². The van der Waals surface area contributed by atoms with Gasteiger partial charge in [0, 0.05) is 18.5 Å². The van der Waals surface area contributed by atoms with Gasteiger partial charge in [-0.15, -0.1) is 0 Å². The Hall–Kier alpha value is -4.67. The second-order valence-electron chi connectivity index (χ2n) is 9.31. The van der Waals surface area contributed by atoms with Crippen LogP contribution in [0.3, 0.4) is 0 Å². The number of nitrogens with zero attached hydrogens (tertiary/aromatic N) is 5. The summed E-state index contributed by atoms with van der Waals surface area (Å²) in [7, 11) is -4.33. The third-order valence-electron chi connectivity index (χ3n) is 6.42. The molecule has 1 aliphatic heterocycles. The topological polar surface area (TPSA) is 143 Å². The van der Waals surface area contributed by atoms with E-state index in [1.807, 2.05) is 11.6 Å². The van der Waals surface area contributed by atoms with Gasteiger partial charge in [0.25, 0.3) is 22.7 Å². The molecule has 0 aliphatic carbocycles. The number of carbonyl (C=O) groups is 2. The molecule has 1 atom stereocenters. The maximum absolute atomic E-state index is 13.5. The van der Waals surface area contributed by atoms with E-state index in [1.54, 1.807) is 31.2 Å². The maximum Gasteiger partial charge on any atom is 0.435 e. The molecule has 0 bridgehead atoms. The highest BCUT2D eigenvalue weighted by Crippen LogP contribution is 2.33. The zero-order valence-corrected chi connectivity index (χ0v) is 23.1. The second-order valence-corrected chi connectivity index (χ2v) is 11.0. The Kier molecular flexibility index (Phi) is 7.53. The third kappa shape index (κ3) is 6.00. The molecule has 13 nitrogen and oxygen atoms in total. The predicted molar refractivity (Wildman–Crippen MR) is 138 cm³/mol. The van der Waals surface area contributed by atoms with Crippen LogP contribution in [0.25, 0.3) is 16.9 Å². The Morgan fingerprint density at radius 3 is 2.40 bits per heavy atom. The number of benzene rings is 2. The standard InChI is InChI=1S/C25H25F3N6O7S/c1-3-23(35)39-15-40-34-33(41-34)31-13-12-20(31)24(36)30-42(37,38)19-10-8-18(9-11-19)32-21(14-22(29-32)25(26,27)28)17-6-4-16(2)5-7-17/h4-11,14,20H,3,12-13,15H2,1-2H3,(H,30,36). The van der Waals surface area contributed by atoms with Crippen LogP contribution in [-0.4, -0.2) is 59.4 Å². The summed E-state index contributed by atoms with van der Waals surface area (Å²) in [6.07, 6.45) is -4.21. The van der Waals surface area contributed by atoms with Gasteiger partial charge in [0.2, 0.25) is 0 Å². The van der Waals surface area contributed by atoms with Crippen LogP contribution in [0.1, 0.15) is 31.0 Å². The molecule has 1 aliphatic rings. The first kappa shape index (κ1) is 28.8. The first-order valence-corrected chi connectivity index (χ1v) is 14.1. The number of aromatic nitrogens is 4. The number of sulfonamides is 1. The third-order valence-corrected chi connectivity index (χ3v) is 7.78. The van der Waals surface area contributed by atoms with Gasteiger partial charge in [-0.25, -0.2) is 22.8 Å². The Labute approximate surface area is 236 Å². The van der Waals surface area contributed by atoms with E-state index < -0.39 is 46.6 Å². The van der Waals surface area contributed by atoms with Gasteiger partial charge in [-0.05, 0) is 43.7 Å². The highest BCUT2D eigenvalue weighted by molar-refractivity contribution is 7.90. The van der Waals surface area contributed by atoms with Crippen molar-refractivity contribution >= 4 is 21.9 Å². The van der Waals surface area contributed by atoms with Crippen molar-refractivity contribution in [3.05, 3.63) is 65.9 Å². The minimum absolute atomic E-state index is 0.162. The van der Waals surface area contributed by atoms with Crippen LogP contribution in [0.4, 0.5) is 13.2 Å². The molecular weight excluding hydrogens is 585 g/mol. The smallest absolute Gasteiger partial charge is 0.426 e. The molecule has 42 heavy (non-hydrogen) atoms. The molecule has 1 saturated heterocycles. The molecule has 4 aromatic rings. The number of alkyl halides is 3. The van der Waals surface area contributed by atoms with Crippen molar-refractivity contribution in [1.29, 1.82) is 0 Å². The number of halogens is 3. The van der Waals surface area contributed by atoms with Crippen LogP contribution in [0, 0.1) is 6.92 Å². The zero-order valence-electron chi connectivity index (χ0n) is 22.2. The summed E-state index contributed by atoms with van der Waals surface area (Å²) >= 11 is 0. The number of nitrogens with one attached hydrogen (secondary N) is 1. The lowest BCUT2D eigenvalue weighted by atomic mass is 10.1. The number of amides is 1. The summed E-state index contributed by atoms with van der Waals surface area (Å²) in [5.41, 5.74) is 0.645. The minimum atomic E-state index is -4.69. The lowest BCUT2D eigenvalue weighted by Crippen LogP contribution is -2.61. The highest BCUT2D eigenvalue weighted by atomic mass is 32.2. The van der Waals surface area contributed by atoms with Gasteiger partial charge < -0.3 is 9.57 Å². The average Bonchev–Trinajstić information content (AvgIpc) is 3.49. The number of carbonyl (C=O) groups excluding carboxylic acids is 2. The Balaban J connectivity index is 1.28. The van der Waals surface area contributed by atoms with Crippen molar-refractivity contribution < 1.29 is 45.4 Å². The molecule has 0 radical (unpaired) electrons. The van der Waals surface area contributed by atoms with E-state index in [1.165, 1.54) is 17.1 Å². The van der Waals surface area contributed by atoms with Gasteiger partial charge in [-0.1, -0.05) is 36.8 Å². The molecule has 1 unspecified atom stereocenters. The SMILES string of the molecule is CCC(=O)OCOn1on1N1CCC1C(=O)NS(=O)(=O)c1ccc(-n2nc(C(F)(F)F)cc2-c2ccc(C)cc2)cc1. The number of rotatable bonds is 10. The number of aryl methyl sites for hydroxylation is 1. The molecule has 1 fully saturated rings. The zero-order chi connectivity index (χ0) is 30.2. The van der Waals surface area contributed by atoms with E-state index in [2.05, 4.69) is 5.10 Å². The van der Waals surface area contributed by atoms with E-state index in [0.717, 1.165) is 38.4 Å². The van der Waals surface area contributed by atoms with Gasteiger partial charge in [-0.3, -0.25) is 9.59 Å². The number of ether oxygens (including phenoxy) is 1. The minimum Gasteiger partial charge on any atom is -0.426 e. The molecule has 1 amide bonds. The van der Waals surface area contributed by atoms with Crippen LogP contribution in [0.5, 0.6) is 0 Å². The number of hydrogen-bond donors (Lipinski definition) is 1. The van der Waals surface area contributed by atoms with Crippen molar-refractivity contribution in [1.82, 2.24) is 24.5 Å². The Morgan fingerprint density at radius 2 is 1.81 bits per heavy atom. The molecule has 0 spiro atoms. The molecular formula is C25H25F3N6O7S. The van der Waals surface area contributed by atoms with Crippen LogP contribution >= 0.6 is 0 Å². The van der Waals surface area contributed by atoms with Gasteiger partial charge in [0.15, 0.2) is 5.69 Å². The normalized spacial score (nSPS) is 15.4. The van der Waals surface area contributed by atoms with Gasteiger partial charge in [-0.2, -0.15) is 22.9 Å². The lowest BCUT2D eigenvalue weighted by molar-refractivity contribution is -0.159. The number of hydrogen-bond acceptors (Lipinski definition) is 9. The van der Waals surface area contributed by atoms with Gasteiger partial charge in [0.1, 0.15) is 11.1 Å². The van der Waals surface area contributed by atoms with Crippen molar-refractivity contribution in [3.8, 4) is 16.9 Å². The summed E-state index contributed by atoms with van der Waals surface area (Å²) in [6.45, 7) is 3.40. The van der Waals surface area contributed by atoms with Crippen LogP contribution in [0.2, 0.25) is 0 Å². The van der Waals surface area contributed by atoms with E-state index in [9.17, 15) is 31.2 Å². The summed E-state index contributed by atoms with van der Waals surface area (Å²) < 4.78 is 79.2. The van der Waals surface area contributed by atoms with Crippen LogP contribution in [0.15, 0.2) is 64.1 Å². The van der Waals surface area contributed by atoms with Crippen molar-refractivity contribution in [3.63, 3.8) is 0 Å².